The van der Waals surface area contributed by atoms with Crippen molar-refractivity contribution in [1.29, 1.82) is 0 Å². The first kappa shape index (κ1) is 13.4. The van der Waals surface area contributed by atoms with Gasteiger partial charge in [0, 0.05) is 19.0 Å². The predicted molar refractivity (Wildman–Crippen MR) is 61.2 cm³/mol. The van der Waals surface area contributed by atoms with E-state index in [0.29, 0.717) is 19.4 Å². The Morgan fingerprint density at radius 2 is 2.06 bits per heavy atom. The number of aliphatic carboxylic acids is 1. The first-order valence-electron chi connectivity index (χ1n) is 5.57. The molecule has 1 saturated heterocycles. The van der Waals surface area contributed by atoms with Crippen LogP contribution in [0.15, 0.2) is 0 Å². The van der Waals surface area contributed by atoms with E-state index in [1.807, 2.05) is 6.92 Å². The summed E-state index contributed by atoms with van der Waals surface area (Å²) in [6, 6.07) is 0.143. The fraction of sp³-hybridized carbons (Fsp3) is 0.900. The molecule has 16 heavy (non-hydrogen) atoms. The van der Waals surface area contributed by atoms with Crippen molar-refractivity contribution in [1.82, 2.24) is 4.90 Å². The number of hydrogen-bond acceptors (Lipinski definition) is 4. The molecule has 0 aromatic heterocycles. The van der Waals surface area contributed by atoms with Crippen molar-refractivity contribution in [2.75, 3.05) is 24.6 Å². The van der Waals surface area contributed by atoms with E-state index < -0.39 is 15.8 Å². The highest BCUT2D eigenvalue weighted by atomic mass is 32.2. The van der Waals surface area contributed by atoms with E-state index >= 15 is 0 Å². The first-order chi connectivity index (χ1) is 7.41. The van der Waals surface area contributed by atoms with Gasteiger partial charge in [0.25, 0.3) is 0 Å². The van der Waals surface area contributed by atoms with Crippen molar-refractivity contribution in [3.05, 3.63) is 0 Å². The van der Waals surface area contributed by atoms with Gasteiger partial charge in [-0.25, -0.2) is 8.42 Å². The Kier molecular flexibility index (Phi) is 4.73. The van der Waals surface area contributed by atoms with E-state index in [-0.39, 0.29) is 24.0 Å². The number of carbonyl (C=O) groups is 1. The highest BCUT2D eigenvalue weighted by molar-refractivity contribution is 7.91. The Morgan fingerprint density at radius 1 is 1.38 bits per heavy atom. The Hall–Kier alpha value is -0.620. The Balaban J connectivity index is 2.45. The smallest absolute Gasteiger partial charge is 0.303 e. The lowest BCUT2D eigenvalue weighted by Crippen LogP contribution is -2.35. The van der Waals surface area contributed by atoms with Gasteiger partial charge in [0.05, 0.1) is 11.5 Å². The van der Waals surface area contributed by atoms with Crippen LogP contribution in [0.5, 0.6) is 0 Å². The van der Waals surface area contributed by atoms with Crippen LogP contribution in [0.4, 0.5) is 0 Å². The highest BCUT2D eigenvalue weighted by Gasteiger charge is 2.22. The van der Waals surface area contributed by atoms with E-state index in [2.05, 4.69) is 4.90 Å². The zero-order valence-electron chi connectivity index (χ0n) is 9.55. The molecule has 0 aromatic rings. The van der Waals surface area contributed by atoms with Gasteiger partial charge in [0.2, 0.25) is 0 Å². The lowest BCUT2D eigenvalue weighted by Gasteiger charge is -2.26. The largest absolute Gasteiger partial charge is 0.481 e. The normalized spacial score (nSPS) is 23.6. The van der Waals surface area contributed by atoms with Crippen LogP contribution in [-0.4, -0.2) is 55.0 Å². The molecule has 0 bridgehead atoms. The van der Waals surface area contributed by atoms with Gasteiger partial charge in [-0.3, -0.25) is 9.69 Å². The highest BCUT2D eigenvalue weighted by Crippen LogP contribution is 2.12. The molecule has 6 heteroatoms. The second-order valence-corrected chi connectivity index (χ2v) is 6.63. The summed E-state index contributed by atoms with van der Waals surface area (Å²) in [6.07, 6.45) is 1.37. The molecule has 1 aliphatic rings. The SMILES string of the molecule is CC(CCC(=O)O)N1CCCS(=O)(=O)CC1. The molecule has 0 amide bonds. The van der Waals surface area contributed by atoms with Gasteiger partial charge in [0.15, 0.2) is 9.84 Å². The van der Waals surface area contributed by atoms with Gasteiger partial charge in [-0.1, -0.05) is 0 Å². The van der Waals surface area contributed by atoms with Crippen LogP contribution in [0.2, 0.25) is 0 Å². The average Bonchev–Trinajstić information content (AvgIpc) is 2.35. The van der Waals surface area contributed by atoms with Gasteiger partial charge >= 0.3 is 5.97 Å². The first-order valence-corrected chi connectivity index (χ1v) is 7.39. The monoisotopic (exact) mass is 249 g/mol. The summed E-state index contributed by atoms with van der Waals surface area (Å²) < 4.78 is 22.8. The Bertz CT molecular complexity index is 339. The topological polar surface area (TPSA) is 74.7 Å². The van der Waals surface area contributed by atoms with E-state index in [1.54, 1.807) is 0 Å². The van der Waals surface area contributed by atoms with Gasteiger partial charge in [-0.2, -0.15) is 0 Å². The van der Waals surface area contributed by atoms with Crippen LogP contribution < -0.4 is 0 Å². The summed E-state index contributed by atoms with van der Waals surface area (Å²) in [6.45, 7) is 3.24. The molecular weight excluding hydrogens is 230 g/mol. The summed E-state index contributed by atoms with van der Waals surface area (Å²) in [5.74, 6) is -0.339. The Labute approximate surface area is 96.4 Å². The van der Waals surface area contributed by atoms with Crippen LogP contribution in [0.25, 0.3) is 0 Å². The predicted octanol–water partition coefficient (Wildman–Crippen LogP) is 0.360. The molecular formula is C10H19NO4S. The lowest BCUT2D eigenvalue weighted by molar-refractivity contribution is -0.137. The third-order valence-electron chi connectivity index (χ3n) is 2.99. The summed E-state index contributed by atoms with van der Waals surface area (Å²) in [5, 5.41) is 8.58. The molecule has 0 spiro atoms. The summed E-state index contributed by atoms with van der Waals surface area (Å²) in [4.78, 5) is 12.5. The van der Waals surface area contributed by atoms with E-state index in [1.165, 1.54) is 0 Å². The van der Waals surface area contributed by atoms with E-state index in [9.17, 15) is 13.2 Å². The molecule has 0 radical (unpaired) electrons. The van der Waals surface area contributed by atoms with Gasteiger partial charge in [0.1, 0.15) is 0 Å². The molecule has 1 rings (SSSR count). The minimum absolute atomic E-state index is 0.143. The molecule has 1 aliphatic heterocycles. The van der Waals surface area contributed by atoms with E-state index in [4.69, 9.17) is 5.11 Å². The molecule has 0 aromatic carbocycles. The summed E-state index contributed by atoms with van der Waals surface area (Å²) in [7, 11) is -2.87. The molecule has 94 valence electrons. The maximum Gasteiger partial charge on any atom is 0.303 e. The van der Waals surface area contributed by atoms with Crippen molar-refractivity contribution >= 4 is 15.8 Å². The van der Waals surface area contributed by atoms with Crippen molar-refractivity contribution in [2.45, 2.75) is 32.2 Å². The molecule has 0 saturated carbocycles. The third kappa shape index (κ3) is 4.49. The minimum atomic E-state index is -2.87. The zero-order valence-corrected chi connectivity index (χ0v) is 10.4. The third-order valence-corrected chi connectivity index (χ3v) is 4.70. The van der Waals surface area contributed by atoms with Gasteiger partial charge < -0.3 is 5.11 Å². The number of nitrogens with zero attached hydrogens (tertiary/aromatic N) is 1. The van der Waals surface area contributed by atoms with Gasteiger partial charge in [-0.05, 0) is 26.3 Å². The van der Waals surface area contributed by atoms with E-state index in [0.717, 1.165) is 6.54 Å². The van der Waals surface area contributed by atoms with Crippen molar-refractivity contribution in [3.8, 4) is 0 Å². The second-order valence-electron chi connectivity index (χ2n) is 4.32. The standard InChI is InChI=1S/C10H19NO4S/c1-9(3-4-10(12)13)11-5-2-7-16(14,15)8-6-11/h9H,2-8H2,1H3,(H,12,13). The number of sulfone groups is 1. The number of carboxylic acid groups (broad SMARTS) is 1. The molecule has 1 N–H and O–H groups in total. The number of hydrogen-bond donors (Lipinski definition) is 1. The molecule has 1 heterocycles. The number of carboxylic acids is 1. The minimum Gasteiger partial charge on any atom is -0.481 e. The van der Waals surface area contributed by atoms with Crippen LogP contribution >= 0.6 is 0 Å². The maximum absolute atomic E-state index is 11.4. The fourth-order valence-electron chi connectivity index (χ4n) is 1.91. The van der Waals surface area contributed by atoms with Crippen molar-refractivity contribution < 1.29 is 18.3 Å². The number of rotatable bonds is 4. The van der Waals surface area contributed by atoms with Crippen molar-refractivity contribution in [2.24, 2.45) is 0 Å². The van der Waals surface area contributed by atoms with Crippen molar-refractivity contribution in [3.63, 3.8) is 0 Å². The lowest BCUT2D eigenvalue weighted by atomic mass is 10.1. The average molecular weight is 249 g/mol. The second kappa shape index (κ2) is 5.63. The van der Waals surface area contributed by atoms with Crippen LogP contribution in [-0.2, 0) is 14.6 Å². The van der Waals surface area contributed by atoms with Gasteiger partial charge in [-0.15, -0.1) is 0 Å². The van der Waals surface area contributed by atoms with Crippen LogP contribution in [0.3, 0.4) is 0 Å². The maximum atomic E-state index is 11.4. The molecule has 0 aliphatic carbocycles. The summed E-state index contributed by atoms with van der Waals surface area (Å²) in [5.41, 5.74) is 0. The molecule has 1 fully saturated rings. The molecule has 1 unspecified atom stereocenters. The van der Waals surface area contributed by atoms with Crippen LogP contribution in [0.1, 0.15) is 26.2 Å². The van der Waals surface area contributed by atoms with Crippen LogP contribution in [0, 0.1) is 0 Å². The fourth-order valence-corrected chi connectivity index (χ4v) is 3.20. The summed E-state index contributed by atoms with van der Waals surface area (Å²) >= 11 is 0. The quantitative estimate of drug-likeness (QED) is 0.778. The zero-order chi connectivity index (χ0) is 12.2. The molecule has 5 nitrogen and oxygen atoms in total. The molecule has 1 atom stereocenters. The Morgan fingerprint density at radius 3 is 2.69 bits per heavy atom.